The van der Waals surface area contributed by atoms with Crippen LogP contribution in [-0.4, -0.2) is 5.91 Å². The predicted octanol–water partition coefficient (Wildman–Crippen LogP) is 5.16. The van der Waals surface area contributed by atoms with E-state index in [1.54, 1.807) is 18.2 Å². The average Bonchev–Trinajstić information content (AvgIpc) is 3.01. The van der Waals surface area contributed by atoms with Crippen LogP contribution in [0.3, 0.4) is 0 Å². The Bertz CT molecular complexity index is 915. The molecule has 5 heteroatoms. The number of rotatable bonds is 3. The van der Waals surface area contributed by atoms with Gasteiger partial charge in [0, 0.05) is 21.4 Å². The quantitative estimate of drug-likeness (QED) is 0.612. The van der Waals surface area contributed by atoms with Crippen molar-refractivity contribution in [3.63, 3.8) is 0 Å². The third-order valence-corrected chi connectivity index (χ3v) is 4.41. The largest absolute Gasteiger partial charge is 0.451 e. The van der Waals surface area contributed by atoms with Gasteiger partial charge in [-0.3, -0.25) is 4.79 Å². The van der Waals surface area contributed by atoms with Crippen LogP contribution in [0.25, 0.3) is 11.3 Å². The molecule has 2 aromatic carbocycles. The second kappa shape index (κ2) is 6.53. The monoisotopic (exact) mass is 384 g/mol. The van der Waals surface area contributed by atoms with Crippen LogP contribution in [0.15, 0.2) is 57.4 Å². The zero-order chi connectivity index (χ0) is 17.3. The number of nitrogens with two attached hydrogens (primary N) is 1. The van der Waals surface area contributed by atoms with E-state index in [4.69, 9.17) is 10.2 Å². The van der Waals surface area contributed by atoms with Gasteiger partial charge in [-0.25, -0.2) is 0 Å². The topological polar surface area (TPSA) is 68.3 Å². The Morgan fingerprint density at radius 3 is 2.58 bits per heavy atom. The summed E-state index contributed by atoms with van der Waals surface area (Å²) in [5.74, 6) is 0.569. The van der Waals surface area contributed by atoms with Crippen molar-refractivity contribution in [1.82, 2.24) is 0 Å². The Kier molecular flexibility index (Phi) is 4.44. The van der Waals surface area contributed by atoms with Crippen LogP contribution in [0.5, 0.6) is 0 Å². The smallest absolute Gasteiger partial charge is 0.291 e. The lowest BCUT2D eigenvalue weighted by atomic mass is 10.1. The summed E-state index contributed by atoms with van der Waals surface area (Å²) in [7, 11) is 0. The number of aryl methyl sites for hydroxylation is 2. The molecule has 3 rings (SSSR count). The van der Waals surface area contributed by atoms with E-state index >= 15 is 0 Å². The first-order valence-electron chi connectivity index (χ1n) is 7.48. The number of halogens is 1. The molecule has 0 radical (unpaired) electrons. The molecule has 0 aliphatic rings. The number of carbonyl (C=O) groups excluding carboxylic acids is 1. The summed E-state index contributed by atoms with van der Waals surface area (Å²) < 4.78 is 6.63. The van der Waals surface area contributed by atoms with Gasteiger partial charge in [-0.2, -0.15) is 0 Å². The molecule has 0 aliphatic carbocycles. The molecule has 1 heterocycles. The number of hydrogen-bond donors (Lipinski definition) is 2. The number of benzene rings is 2. The molecule has 4 nitrogen and oxygen atoms in total. The molecule has 1 amide bonds. The number of carbonyl (C=O) groups is 1. The van der Waals surface area contributed by atoms with Crippen molar-refractivity contribution in [2.45, 2.75) is 13.8 Å². The summed E-state index contributed by atoms with van der Waals surface area (Å²) in [6.45, 7) is 3.93. The second-order valence-corrected chi connectivity index (χ2v) is 6.53. The van der Waals surface area contributed by atoms with Gasteiger partial charge >= 0.3 is 0 Å². The van der Waals surface area contributed by atoms with E-state index in [0.29, 0.717) is 17.1 Å². The fourth-order valence-electron chi connectivity index (χ4n) is 2.34. The molecule has 3 aromatic rings. The SMILES string of the molecule is Cc1ccc(-c2ccc(C(=O)Nc3ccc(C)c(N)c3)o2)c(Br)c1. The van der Waals surface area contributed by atoms with E-state index in [2.05, 4.69) is 21.2 Å². The van der Waals surface area contributed by atoms with Crippen molar-refractivity contribution < 1.29 is 9.21 Å². The zero-order valence-electron chi connectivity index (χ0n) is 13.4. The third-order valence-electron chi connectivity index (χ3n) is 3.76. The normalized spacial score (nSPS) is 10.6. The Morgan fingerprint density at radius 2 is 1.88 bits per heavy atom. The predicted molar refractivity (Wildman–Crippen MR) is 100 cm³/mol. The summed E-state index contributed by atoms with van der Waals surface area (Å²) in [6, 6.07) is 14.8. The van der Waals surface area contributed by atoms with Crippen LogP contribution in [0.1, 0.15) is 21.7 Å². The van der Waals surface area contributed by atoms with Crippen molar-refractivity contribution in [3.05, 3.63) is 69.9 Å². The number of nitrogens with one attached hydrogen (secondary N) is 1. The molecular formula is C19H17BrN2O2. The summed E-state index contributed by atoms with van der Waals surface area (Å²) >= 11 is 3.52. The molecule has 0 saturated carbocycles. The maximum absolute atomic E-state index is 12.3. The van der Waals surface area contributed by atoms with Gasteiger partial charge in [0.05, 0.1) is 0 Å². The highest BCUT2D eigenvalue weighted by Crippen LogP contribution is 2.30. The summed E-state index contributed by atoms with van der Waals surface area (Å²) in [5, 5.41) is 2.79. The minimum Gasteiger partial charge on any atom is -0.451 e. The van der Waals surface area contributed by atoms with Gasteiger partial charge in [0.2, 0.25) is 0 Å². The Labute approximate surface area is 148 Å². The fraction of sp³-hybridized carbons (Fsp3) is 0.105. The van der Waals surface area contributed by atoms with E-state index < -0.39 is 0 Å². The van der Waals surface area contributed by atoms with E-state index in [-0.39, 0.29) is 11.7 Å². The molecule has 0 bridgehead atoms. The van der Waals surface area contributed by atoms with E-state index in [0.717, 1.165) is 21.2 Å². The van der Waals surface area contributed by atoms with E-state index in [9.17, 15) is 4.79 Å². The molecule has 0 saturated heterocycles. The highest BCUT2D eigenvalue weighted by atomic mass is 79.9. The average molecular weight is 385 g/mol. The van der Waals surface area contributed by atoms with Crippen LogP contribution in [0, 0.1) is 13.8 Å². The lowest BCUT2D eigenvalue weighted by molar-refractivity contribution is 0.0997. The van der Waals surface area contributed by atoms with Crippen molar-refractivity contribution in [3.8, 4) is 11.3 Å². The van der Waals surface area contributed by atoms with E-state index in [1.807, 2.05) is 44.2 Å². The molecule has 1 aromatic heterocycles. The second-order valence-electron chi connectivity index (χ2n) is 5.67. The number of furan rings is 1. The molecular weight excluding hydrogens is 368 g/mol. The zero-order valence-corrected chi connectivity index (χ0v) is 15.0. The van der Waals surface area contributed by atoms with Crippen LogP contribution < -0.4 is 11.1 Å². The number of anilines is 2. The first kappa shape index (κ1) is 16.3. The standard InChI is InChI=1S/C19H17BrN2O2/c1-11-3-6-14(15(20)9-11)17-7-8-18(24-17)19(23)22-13-5-4-12(2)16(21)10-13/h3-10H,21H2,1-2H3,(H,22,23). The lowest BCUT2D eigenvalue weighted by Gasteiger charge is -2.06. The summed E-state index contributed by atoms with van der Waals surface area (Å²) in [6.07, 6.45) is 0. The van der Waals surface area contributed by atoms with Crippen LogP contribution in [0.4, 0.5) is 11.4 Å². The summed E-state index contributed by atoms with van der Waals surface area (Å²) in [5.41, 5.74) is 10.2. The van der Waals surface area contributed by atoms with Crippen molar-refractivity contribution in [2.75, 3.05) is 11.1 Å². The lowest BCUT2D eigenvalue weighted by Crippen LogP contribution is -2.11. The molecule has 3 N–H and O–H groups in total. The Morgan fingerprint density at radius 1 is 1.08 bits per heavy atom. The fourth-order valence-corrected chi connectivity index (χ4v) is 3.02. The minimum absolute atomic E-state index is 0.247. The minimum atomic E-state index is -0.312. The molecule has 0 unspecified atom stereocenters. The first-order chi connectivity index (χ1) is 11.4. The number of amides is 1. The molecule has 0 spiro atoms. The molecule has 24 heavy (non-hydrogen) atoms. The highest BCUT2D eigenvalue weighted by molar-refractivity contribution is 9.10. The third kappa shape index (κ3) is 3.36. The molecule has 122 valence electrons. The van der Waals surface area contributed by atoms with Crippen molar-refractivity contribution >= 4 is 33.2 Å². The molecule has 0 fully saturated rings. The van der Waals surface area contributed by atoms with Gasteiger partial charge in [-0.05, 0) is 61.4 Å². The first-order valence-corrected chi connectivity index (χ1v) is 8.27. The molecule has 0 atom stereocenters. The number of nitrogen functional groups attached to an aromatic ring is 1. The Balaban J connectivity index is 1.82. The maximum Gasteiger partial charge on any atom is 0.291 e. The van der Waals surface area contributed by atoms with Gasteiger partial charge < -0.3 is 15.5 Å². The van der Waals surface area contributed by atoms with Crippen molar-refractivity contribution in [2.24, 2.45) is 0 Å². The Hall–Kier alpha value is -2.53. The van der Waals surface area contributed by atoms with Crippen LogP contribution in [-0.2, 0) is 0 Å². The van der Waals surface area contributed by atoms with Gasteiger partial charge in [0.15, 0.2) is 5.76 Å². The van der Waals surface area contributed by atoms with Gasteiger partial charge in [0.25, 0.3) is 5.91 Å². The van der Waals surface area contributed by atoms with Crippen LogP contribution >= 0.6 is 15.9 Å². The van der Waals surface area contributed by atoms with Crippen molar-refractivity contribution in [1.29, 1.82) is 0 Å². The number of hydrogen-bond acceptors (Lipinski definition) is 3. The van der Waals surface area contributed by atoms with Gasteiger partial charge in [-0.1, -0.05) is 28.1 Å². The molecule has 0 aliphatic heterocycles. The van der Waals surface area contributed by atoms with Gasteiger partial charge in [0.1, 0.15) is 5.76 Å². The van der Waals surface area contributed by atoms with Crippen LogP contribution in [0.2, 0.25) is 0 Å². The van der Waals surface area contributed by atoms with E-state index in [1.165, 1.54) is 0 Å². The van der Waals surface area contributed by atoms with Gasteiger partial charge in [-0.15, -0.1) is 0 Å². The maximum atomic E-state index is 12.3. The summed E-state index contributed by atoms with van der Waals surface area (Å²) in [4.78, 5) is 12.3. The highest BCUT2D eigenvalue weighted by Gasteiger charge is 2.14.